The molecule has 0 aromatic heterocycles. The van der Waals surface area contributed by atoms with E-state index < -0.39 is 4.92 Å². The summed E-state index contributed by atoms with van der Waals surface area (Å²) in [5.74, 6) is 1.19. The highest BCUT2D eigenvalue weighted by Crippen LogP contribution is 2.28. The molecule has 1 heterocycles. The summed E-state index contributed by atoms with van der Waals surface area (Å²) in [6.45, 7) is 1.21. The van der Waals surface area contributed by atoms with E-state index in [-0.39, 0.29) is 12.0 Å². The highest BCUT2D eigenvalue weighted by atomic mass is 16.7. The van der Waals surface area contributed by atoms with E-state index in [2.05, 4.69) is 0 Å². The zero-order chi connectivity index (χ0) is 14.7. The Morgan fingerprint density at radius 2 is 1.48 bits per heavy atom. The molecular formula is C15H13NO5. The van der Waals surface area contributed by atoms with Crippen LogP contribution in [0.15, 0.2) is 48.5 Å². The minimum absolute atomic E-state index is 0.0354. The van der Waals surface area contributed by atoms with Gasteiger partial charge in [-0.25, -0.2) is 0 Å². The van der Waals surface area contributed by atoms with Gasteiger partial charge in [0.2, 0.25) is 0 Å². The predicted molar refractivity (Wildman–Crippen MR) is 74.3 cm³/mol. The molecule has 6 heteroatoms. The van der Waals surface area contributed by atoms with E-state index in [1.54, 1.807) is 12.1 Å². The molecule has 0 amide bonds. The summed E-state index contributed by atoms with van der Waals surface area (Å²) in [4.78, 5) is 10.1. The van der Waals surface area contributed by atoms with Crippen molar-refractivity contribution in [2.24, 2.45) is 0 Å². The minimum Gasteiger partial charge on any atom is -0.457 e. The number of benzene rings is 2. The maximum Gasteiger partial charge on any atom is 0.269 e. The van der Waals surface area contributed by atoms with Gasteiger partial charge >= 0.3 is 0 Å². The first-order chi connectivity index (χ1) is 10.2. The van der Waals surface area contributed by atoms with E-state index in [1.165, 1.54) is 12.1 Å². The van der Waals surface area contributed by atoms with Gasteiger partial charge in [-0.2, -0.15) is 0 Å². The molecule has 3 rings (SSSR count). The fourth-order valence-electron chi connectivity index (χ4n) is 2.02. The SMILES string of the molecule is O=[N+]([O-])c1ccc(Oc2ccc(C3OCCO3)cc2)cc1. The van der Waals surface area contributed by atoms with Crippen molar-refractivity contribution >= 4 is 5.69 Å². The Balaban J connectivity index is 1.68. The molecule has 108 valence electrons. The Labute approximate surface area is 121 Å². The molecule has 0 atom stereocenters. The average molecular weight is 287 g/mol. The van der Waals surface area contributed by atoms with Crippen LogP contribution in [0.1, 0.15) is 11.9 Å². The van der Waals surface area contributed by atoms with Gasteiger partial charge in [0, 0.05) is 17.7 Å². The summed E-state index contributed by atoms with van der Waals surface area (Å²) in [5.41, 5.74) is 0.969. The first kappa shape index (κ1) is 13.5. The number of hydrogen-bond donors (Lipinski definition) is 0. The molecule has 1 aliphatic heterocycles. The number of nitro groups is 1. The molecular weight excluding hydrogens is 274 g/mol. The van der Waals surface area contributed by atoms with Crippen LogP contribution in [0, 0.1) is 10.1 Å². The second kappa shape index (κ2) is 5.90. The van der Waals surface area contributed by atoms with Crippen molar-refractivity contribution in [1.82, 2.24) is 0 Å². The standard InChI is InChI=1S/C15H13NO5/c17-16(18)12-3-7-14(8-4-12)21-13-5-1-11(2-6-13)15-19-9-10-20-15/h1-8,15H,9-10H2. The monoisotopic (exact) mass is 287 g/mol. The predicted octanol–water partition coefficient (Wildman–Crippen LogP) is 3.43. The van der Waals surface area contributed by atoms with Crippen LogP contribution in [0.5, 0.6) is 11.5 Å². The summed E-state index contributed by atoms with van der Waals surface area (Å²) < 4.78 is 16.4. The minimum atomic E-state index is -0.444. The molecule has 0 spiro atoms. The van der Waals surface area contributed by atoms with E-state index in [1.807, 2.05) is 24.3 Å². The Kier molecular flexibility index (Phi) is 3.81. The van der Waals surface area contributed by atoms with E-state index in [9.17, 15) is 10.1 Å². The Morgan fingerprint density at radius 3 is 2.00 bits per heavy atom. The number of nitro benzene ring substituents is 1. The van der Waals surface area contributed by atoms with E-state index >= 15 is 0 Å². The first-order valence-electron chi connectivity index (χ1n) is 6.48. The number of rotatable bonds is 4. The smallest absolute Gasteiger partial charge is 0.269 e. The van der Waals surface area contributed by atoms with Crippen LogP contribution in [-0.2, 0) is 9.47 Å². The Morgan fingerprint density at radius 1 is 0.952 bits per heavy atom. The lowest BCUT2D eigenvalue weighted by molar-refractivity contribution is -0.384. The molecule has 1 saturated heterocycles. The van der Waals surface area contributed by atoms with Crippen LogP contribution in [-0.4, -0.2) is 18.1 Å². The zero-order valence-corrected chi connectivity index (χ0v) is 11.1. The molecule has 0 unspecified atom stereocenters. The average Bonchev–Trinajstić information content (AvgIpc) is 3.03. The van der Waals surface area contributed by atoms with Gasteiger partial charge in [-0.15, -0.1) is 0 Å². The van der Waals surface area contributed by atoms with Crippen LogP contribution in [0.3, 0.4) is 0 Å². The lowest BCUT2D eigenvalue weighted by atomic mass is 10.2. The van der Waals surface area contributed by atoms with Crippen molar-refractivity contribution in [2.45, 2.75) is 6.29 Å². The van der Waals surface area contributed by atoms with Gasteiger partial charge in [-0.05, 0) is 24.3 Å². The lowest BCUT2D eigenvalue weighted by Gasteiger charge is -2.10. The van der Waals surface area contributed by atoms with Gasteiger partial charge in [-0.1, -0.05) is 12.1 Å². The number of ether oxygens (including phenoxy) is 3. The molecule has 1 aliphatic rings. The highest BCUT2D eigenvalue weighted by molar-refractivity contribution is 5.39. The van der Waals surface area contributed by atoms with E-state index in [0.29, 0.717) is 24.7 Å². The van der Waals surface area contributed by atoms with Crippen molar-refractivity contribution < 1.29 is 19.1 Å². The molecule has 0 radical (unpaired) electrons. The van der Waals surface area contributed by atoms with Crippen LogP contribution < -0.4 is 4.74 Å². The molecule has 2 aromatic carbocycles. The number of hydrogen-bond acceptors (Lipinski definition) is 5. The second-order valence-electron chi connectivity index (χ2n) is 4.50. The van der Waals surface area contributed by atoms with Gasteiger partial charge < -0.3 is 14.2 Å². The van der Waals surface area contributed by atoms with Crippen LogP contribution >= 0.6 is 0 Å². The lowest BCUT2D eigenvalue weighted by Crippen LogP contribution is -1.97. The van der Waals surface area contributed by atoms with Crippen LogP contribution in [0.25, 0.3) is 0 Å². The second-order valence-corrected chi connectivity index (χ2v) is 4.50. The maximum absolute atomic E-state index is 10.6. The first-order valence-corrected chi connectivity index (χ1v) is 6.48. The summed E-state index contributed by atoms with van der Waals surface area (Å²) in [5, 5.41) is 10.6. The van der Waals surface area contributed by atoms with Crippen molar-refractivity contribution in [3.8, 4) is 11.5 Å². The fourth-order valence-corrected chi connectivity index (χ4v) is 2.02. The molecule has 0 saturated carbocycles. The summed E-state index contributed by atoms with van der Waals surface area (Å²) in [6, 6.07) is 13.3. The van der Waals surface area contributed by atoms with Gasteiger partial charge in [0.05, 0.1) is 18.1 Å². The molecule has 0 aliphatic carbocycles. The molecule has 21 heavy (non-hydrogen) atoms. The molecule has 1 fully saturated rings. The third kappa shape index (κ3) is 3.18. The van der Waals surface area contributed by atoms with Crippen molar-refractivity contribution in [1.29, 1.82) is 0 Å². The Bertz CT molecular complexity index is 618. The maximum atomic E-state index is 10.6. The summed E-state index contributed by atoms with van der Waals surface area (Å²) >= 11 is 0. The third-order valence-corrected chi connectivity index (χ3v) is 3.06. The van der Waals surface area contributed by atoms with Gasteiger partial charge in [0.1, 0.15) is 11.5 Å². The quantitative estimate of drug-likeness (QED) is 0.636. The molecule has 2 aromatic rings. The molecule has 0 bridgehead atoms. The van der Waals surface area contributed by atoms with Crippen molar-refractivity contribution in [3.63, 3.8) is 0 Å². The number of non-ortho nitro benzene ring substituents is 1. The van der Waals surface area contributed by atoms with Gasteiger partial charge in [0.25, 0.3) is 5.69 Å². The Hall–Kier alpha value is -2.44. The van der Waals surface area contributed by atoms with Crippen molar-refractivity contribution in [3.05, 3.63) is 64.2 Å². The highest BCUT2D eigenvalue weighted by Gasteiger charge is 2.17. The number of nitrogens with zero attached hydrogens (tertiary/aromatic N) is 1. The zero-order valence-electron chi connectivity index (χ0n) is 11.1. The largest absolute Gasteiger partial charge is 0.457 e. The fraction of sp³-hybridized carbons (Fsp3) is 0.200. The van der Waals surface area contributed by atoms with E-state index in [4.69, 9.17) is 14.2 Å². The van der Waals surface area contributed by atoms with E-state index in [0.717, 1.165) is 5.56 Å². The normalized spacial score (nSPS) is 15.0. The summed E-state index contributed by atoms with van der Waals surface area (Å²) in [6.07, 6.45) is -0.307. The van der Waals surface area contributed by atoms with Crippen LogP contribution in [0.4, 0.5) is 5.69 Å². The topological polar surface area (TPSA) is 70.8 Å². The molecule has 6 nitrogen and oxygen atoms in total. The summed E-state index contributed by atoms with van der Waals surface area (Å²) in [7, 11) is 0. The van der Waals surface area contributed by atoms with Gasteiger partial charge in [0.15, 0.2) is 6.29 Å². The van der Waals surface area contributed by atoms with Crippen molar-refractivity contribution in [2.75, 3.05) is 13.2 Å². The molecule has 0 N–H and O–H groups in total. The third-order valence-electron chi connectivity index (χ3n) is 3.06. The van der Waals surface area contributed by atoms with Gasteiger partial charge in [-0.3, -0.25) is 10.1 Å². The van der Waals surface area contributed by atoms with Crippen LogP contribution in [0.2, 0.25) is 0 Å².